The van der Waals surface area contributed by atoms with Crippen LogP contribution in [0.2, 0.25) is 0 Å². The molecule has 2 rings (SSSR count). The molecule has 0 atom stereocenters. The van der Waals surface area contributed by atoms with E-state index in [-0.39, 0.29) is 11.9 Å². The van der Waals surface area contributed by atoms with Crippen molar-refractivity contribution in [1.29, 1.82) is 10.8 Å². The Bertz CT molecular complexity index is 670. The summed E-state index contributed by atoms with van der Waals surface area (Å²) in [5.74, 6) is 0.368. The molecule has 0 saturated carbocycles. The maximum atomic E-state index is 8.52. The Morgan fingerprint density at radius 1 is 0.935 bits per heavy atom. The van der Waals surface area contributed by atoms with E-state index in [1.807, 2.05) is 0 Å². The molecule has 0 unspecified atom stereocenters. The van der Waals surface area contributed by atoms with E-state index in [1.165, 1.54) is 24.0 Å². The number of quaternary nitrogens is 2. The van der Waals surface area contributed by atoms with Gasteiger partial charge in [-0.3, -0.25) is 28.9 Å². The van der Waals surface area contributed by atoms with Crippen LogP contribution < -0.4 is 22.1 Å². The first kappa shape index (κ1) is 29.1. The Morgan fingerprint density at radius 2 is 1.26 bits per heavy atom. The number of nitrogens with two attached hydrogens (primary N) is 4. The van der Waals surface area contributed by atoms with Gasteiger partial charge in [0.25, 0.3) is 11.9 Å². The van der Waals surface area contributed by atoms with Gasteiger partial charge in [-0.25, -0.2) is 10.8 Å². The lowest BCUT2D eigenvalue weighted by Crippen LogP contribution is -2.91. The summed E-state index contributed by atoms with van der Waals surface area (Å²) in [4.78, 5) is 4.76. The SMILES string of the molecule is CC1=CCN(CC[NH2+]C(=N)N)CC1.CC1=CCN(CC[NH2+]C(=N)N)CC1.O=S(=O)([O-])[O-]. The van der Waals surface area contributed by atoms with Crippen LogP contribution in [0.3, 0.4) is 0 Å². The fourth-order valence-electron chi connectivity index (χ4n) is 2.84. The van der Waals surface area contributed by atoms with E-state index >= 15 is 0 Å². The minimum Gasteiger partial charge on any atom is -0.759 e. The summed E-state index contributed by atoms with van der Waals surface area (Å²) in [5.41, 5.74) is 13.4. The summed E-state index contributed by atoms with van der Waals surface area (Å²) in [5, 5.41) is 17.6. The Morgan fingerprint density at radius 3 is 1.48 bits per heavy atom. The normalized spacial score (nSPS) is 17.3. The molecule has 31 heavy (non-hydrogen) atoms. The van der Waals surface area contributed by atoms with Gasteiger partial charge in [0.15, 0.2) is 0 Å². The van der Waals surface area contributed by atoms with E-state index in [4.69, 9.17) is 39.8 Å². The molecule has 0 radical (unpaired) electrons. The molecule has 0 fully saturated rings. The predicted octanol–water partition coefficient (Wildman–Crippen LogP) is -3.15. The lowest BCUT2D eigenvalue weighted by atomic mass is 10.1. The predicted molar refractivity (Wildman–Crippen MR) is 118 cm³/mol. The second kappa shape index (κ2) is 15.9. The molecule has 180 valence electrons. The van der Waals surface area contributed by atoms with Gasteiger partial charge in [0.1, 0.15) is 0 Å². The zero-order valence-corrected chi connectivity index (χ0v) is 19.3. The third-order valence-electron chi connectivity index (χ3n) is 4.66. The highest BCUT2D eigenvalue weighted by molar-refractivity contribution is 7.79. The Labute approximate surface area is 185 Å². The van der Waals surface area contributed by atoms with Crippen molar-refractivity contribution in [3.63, 3.8) is 0 Å². The first-order valence-electron chi connectivity index (χ1n) is 10.1. The van der Waals surface area contributed by atoms with Crippen molar-refractivity contribution >= 4 is 22.3 Å². The van der Waals surface area contributed by atoms with E-state index in [2.05, 4.69) is 35.8 Å². The minimum absolute atomic E-state index is 0.184. The second-order valence-corrected chi connectivity index (χ2v) is 8.32. The van der Waals surface area contributed by atoms with E-state index in [0.717, 1.165) is 52.4 Å². The maximum absolute atomic E-state index is 8.52. The van der Waals surface area contributed by atoms with Gasteiger partial charge >= 0.3 is 0 Å². The van der Waals surface area contributed by atoms with Gasteiger partial charge in [-0.15, -0.1) is 0 Å². The summed E-state index contributed by atoms with van der Waals surface area (Å²) >= 11 is 0. The molecule has 0 aromatic carbocycles. The Balaban J connectivity index is 0.000000479. The summed E-state index contributed by atoms with van der Waals surface area (Å²) in [6.07, 6.45) is 6.91. The molecular formula is C18H38N8O4S. The molecule has 0 spiro atoms. The standard InChI is InChI=1S/2C9H18N4.H2O4S/c2*1-8-2-5-13(6-3-8)7-4-12-9(10)11;1-5(2,3)4/h2*2H,3-7H2,1H3,(H4,10,11,12);(H2,1,2,3,4). The summed E-state index contributed by atoms with van der Waals surface area (Å²) in [6, 6.07) is 0. The lowest BCUT2D eigenvalue weighted by Gasteiger charge is -2.23. The van der Waals surface area contributed by atoms with Gasteiger partial charge < -0.3 is 20.6 Å². The van der Waals surface area contributed by atoms with Crippen LogP contribution in [0.5, 0.6) is 0 Å². The average molecular weight is 463 g/mol. The number of nitrogens with one attached hydrogen (secondary N) is 2. The van der Waals surface area contributed by atoms with E-state index in [9.17, 15) is 0 Å². The highest BCUT2D eigenvalue weighted by Gasteiger charge is 2.10. The van der Waals surface area contributed by atoms with Crippen molar-refractivity contribution in [3.05, 3.63) is 23.3 Å². The van der Waals surface area contributed by atoms with Crippen molar-refractivity contribution < 1.29 is 28.2 Å². The number of rotatable bonds is 6. The number of nitrogens with zero attached hydrogens (tertiary/aromatic N) is 2. The number of hydrogen-bond donors (Lipinski definition) is 6. The highest BCUT2D eigenvalue weighted by atomic mass is 32.3. The summed E-state index contributed by atoms with van der Waals surface area (Å²) in [6.45, 7) is 12.6. The molecule has 0 aromatic rings. The average Bonchev–Trinajstić information content (AvgIpc) is 2.64. The Hall–Kier alpha value is -1.87. The largest absolute Gasteiger partial charge is 0.759 e. The molecule has 13 heteroatoms. The summed E-state index contributed by atoms with van der Waals surface area (Å²) in [7, 11) is -5.17. The van der Waals surface area contributed by atoms with Crippen LogP contribution in [0.15, 0.2) is 23.3 Å². The van der Waals surface area contributed by atoms with Crippen LogP contribution in [-0.2, 0) is 10.4 Å². The van der Waals surface area contributed by atoms with Crippen molar-refractivity contribution in [3.8, 4) is 0 Å². The maximum Gasteiger partial charge on any atom is 0.288 e. The molecule has 0 saturated heterocycles. The van der Waals surface area contributed by atoms with Crippen molar-refractivity contribution in [2.45, 2.75) is 26.7 Å². The van der Waals surface area contributed by atoms with Crippen LogP contribution in [0, 0.1) is 10.8 Å². The van der Waals surface area contributed by atoms with Gasteiger partial charge in [0.2, 0.25) is 0 Å². The summed E-state index contributed by atoms with van der Waals surface area (Å²) < 4.78 is 34.1. The molecule has 0 aliphatic carbocycles. The van der Waals surface area contributed by atoms with Crippen LogP contribution in [0.1, 0.15) is 26.7 Å². The highest BCUT2D eigenvalue weighted by Crippen LogP contribution is 2.08. The van der Waals surface area contributed by atoms with Crippen molar-refractivity contribution in [2.24, 2.45) is 11.5 Å². The molecular weight excluding hydrogens is 424 g/mol. The molecule has 12 nitrogen and oxygen atoms in total. The first-order valence-corrected chi connectivity index (χ1v) is 11.5. The molecule has 0 bridgehead atoms. The number of hydrogen-bond acceptors (Lipinski definition) is 8. The second-order valence-electron chi connectivity index (χ2n) is 7.51. The third kappa shape index (κ3) is 21.2. The third-order valence-corrected chi connectivity index (χ3v) is 4.66. The van der Waals surface area contributed by atoms with Crippen LogP contribution >= 0.6 is 0 Å². The number of guanidine groups is 2. The van der Waals surface area contributed by atoms with E-state index < -0.39 is 10.4 Å². The van der Waals surface area contributed by atoms with E-state index in [0.29, 0.717) is 0 Å². The zero-order chi connectivity index (χ0) is 23.9. The zero-order valence-electron chi connectivity index (χ0n) is 18.5. The molecule has 2 aliphatic heterocycles. The van der Waals surface area contributed by atoms with Gasteiger partial charge in [0, 0.05) is 49.7 Å². The molecule has 0 aromatic heterocycles. The van der Waals surface area contributed by atoms with Crippen LogP contribution in [-0.4, -0.2) is 91.6 Å². The van der Waals surface area contributed by atoms with Gasteiger partial charge in [0.05, 0.1) is 13.1 Å². The van der Waals surface area contributed by atoms with E-state index in [1.54, 1.807) is 10.6 Å². The van der Waals surface area contributed by atoms with Crippen molar-refractivity contribution in [1.82, 2.24) is 9.80 Å². The van der Waals surface area contributed by atoms with Crippen LogP contribution in [0.4, 0.5) is 0 Å². The van der Waals surface area contributed by atoms with Gasteiger partial charge in [-0.1, -0.05) is 23.3 Å². The topological polar surface area (TPSA) is 220 Å². The molecule has 0 amide bonds. The molecule has 2 heterocycles. The quantitative estimate of drug-likeness (QED) is 0.0776. The van der Waals surface area contributed by atoms with Gasteiger partial charge in [-0.2, -0.15) is 0 Å². The minimum atomic E-state index is -5.17. The fourth-order valence-corrected chi connectivity index (χ4v) is 2.84. The fraction of sp³-hybridized carbons (Fsp3) is 0.667. The molecule has 2 aliphatic rings. The van der Waals surface area contributed by atoms with Crippen molar-refractivity contribution in [2.75, 3.05) is 52.4 Å². The first-order chi connectivity index (χ1) is 14.4. The smallest absolute Gasteiger partial charge is 0.288 e. The molecule has 10 N–H and O–H groups in total. The monoisotopic (exact) mass is 462 g/mol. The van der Waals surface area contributed by atoms with Gasteiger partial charge in [-0.05, 0) is 26.7 Å². The Kier molecular flexibility index (Phi) is 14.9. The lowest BCUT2D eigenvalue weighted by molar-refractivity contribution is -0.543. The van der Waals surface area contributed by atoms with Crippen LogP contribution in [0.25, 0.3) is 0 Å².